The normalized spacial score (nSPS) is 24.0. The van der Waals surface area contributed by atoms with Crippen molar-refractivity contribution in [2.75, 3.05) is 23.7 Å². The summed E-state index contributed by atoms with van der Waals surface area (Å²) in [5.41, 5.74) is 1.43. The van der Waals surface area contributed by atoms with Crippen molar-refractivity contribution in [2.45, 2.75) is 55.5 Å². The van der Waals surface area contributed by atoms with Gasteiger partial charge in [0.15, 0.2) is 0 Å². The van der Waals surface area contributed by atoms with Gasteiger partial charge in [0.2, 0.25) is 17.7 Å². The number of nitrogens with one attached hydrogen (secondary N) is 3. The van der Waals surface area contributed by atoms with Gasteiger partial charge >= 0.3 is 0 Å². The monoisotopic (exact) mass is 558 g/mol. The van der Waals surface area contributed by atoms with E-state index in [1.165, 1.54) is 17.0 Å². The maximum absolute atomic E-state index is 14.1. The maximum Gasteiger partial charge on any atom is 0.245 e. The lowest BCUT2D eigenvalue weighted by molar-refractivity contribution is -0.147. The average Bonchev–Trinajstić information content (AvgIpc) is 3.63. The van der Waals surface area contributed by atoms with Gasteiger partial charge in [-0.25, -0.2) is 18.7 Å². The van der Waals surface area contributed by atoms with Crippen LogP contribution in [0.25, 0.3) is 0 Å². The van der Waals surface area contributed by atoms with Gasteiger partial charge in [-0.15, -0.1) is 0 Å². The highest BCUT2D eigenvalue weighted by atomic mass is 19.1. The van der Waals surface area contributed by atoms with Gasteiger partial charge in [0, 0.05) is 30.6 Å². The predicted octanol–water partition coefficient (Wildman–Crippen LogP) is 3.17. The topological polar surface area (TPSA) is 116 Å². The summed E-state index contributed by atoms with van der Waals surface area (Å²) in [6.45, 7) is -0.0191. The van der Waals surface area contributed by atoms with Crippen LogP contribution >= 0.6 is 0 Å². The van der Waals surface area contributed by atoms with Crippen LogP contribution in [0.15, 0.2) is 48.8 Å². The van der Waals surface area contributed by atoms with E-state index in [4.69, 9.17) is 0 Å². The summed E-state index contributed by atoms with van der Waals surface area (Å²) < 4.78 is 28.2. The van der Waals surface area contributed by atoms with Crippen molar-refractivity contribution in [3.63, 3.8) is 0 Å². The molecule has 2 aliphatic heterocycles. The van der Waals surface area contributed by atoms with Crippen LogP contribution in [0.2, 0.25) is 0 Å². The first-order valence-electron chi connectivity index (χ1n) is 13.8. The maximum atomic E-state index is 14.1. The number of nitrogens with zero attached hydrogens (tertiary/aromatic N) is 3. The molecule has 2 aromatic heterocycles. The zero-order chi connectivity index (χ0) is 28.4. The minimum absolute atomic E-state index is 0.106. The Morgan fingerprint density at radius 1 is 1.05 bits per heavy atom. The first-order chi connectivity index (χ1) is 19.8. The Bertz CT molecular complexity index is 1590. The summed E-state index contributed by atoms with van der Waals surface area (Å²) >= 11 is 0. The van der Waals surface area contributed by atoms with Gasteiger partial charge in [-0.2, -0.15) is 0 Å². The summed E-state index contributed by atoms with van der Waals surface area (Å²) in [7, 11) is 0. The Morgan fingerprint density at radius 2 is 1.80 bits per heavy atom. The van der Waals surface area contributed by atoms with E-state index in [0.29, 0.717) is 37.3 Å². The molecule has 0 radical (unpaired) electrons. The fourth-order valence-electron chi connectivity index (χ4n) is 7.07. The molecule has 1 unspecified atom stereocenters. The molecular weight excluding hydrogens is 530 g/mol. The second-order valence-corrected chi connectivity index (χ2v) is 11.5. The van der Waals surface area contributed by atoms with Crippen LogP contribution in [-0.4, -0.2) is 51.2 Å². The van der Waals surface area contributed by atoms with Gasteiger partial charge < -0.3 is 20.9 Å². The van der Waals surface area contributed by atoms with E-state index >= 15 is 0 Å². The largest absolute Gasteiger partial charge is 0.323 e. The number of pyridine rings is 2. The number of amides is 3. The second-order valence-electron chi connectivity index (χ2n) is 11.5. The molecule has 3 N–H and O–H groups in total. The fraction of sp³-hybridized carbons (Fsp3) is 0.367. The van der Waals surface area contributed by atoms with Crippen LogP contribution in [0.5, 0.6) is 0 Å². The molecule has 2 fully saturated rings. The highest BCUT2D eigenvalue weighted by Crippen LogP contribution is 2.46. The van der Waals surface area contributed by atoms with E-state index < -0.39 is 34.5 Å². The molecule has 210 valence electrons. The molecule has 3 amide bonds. The summed E-state index contributed by atoms with van der Waals surface area (Å²) in [6, 6.07) is 7.95. The number of halogens is 2. The Kier molecular flexibility index (Phi) is 5.90. The van der Waals surface area contributed by atoms with Gasteiger partial charge in [-0.05, 0) is 66.6 Å². The summed E-state index contributed by atoms with van der Waals surface area (Å²) in [5, 5.41) is 9.00. The highest BCUT2D eigenvalue weighted by Gasteiger charge is 2.52. The molecule has 0 bridgehead atoms. The molecule has 2 aliphatic carbocycles. The number of aromatic nitrogens is 2. The molecule has 4 heterocycles. The van der Waals surface area contributed by atoms with Crippen molar-refractivity contribution in [1.82, 2.24) is 20.2 Å². The SMILES string of the molecule is O=C(CN1C(=O)C2(CCCC2)NC[C@H]1c1cc(F)cc(F)c1)Nc1cc2c(cn1)CC1(C2)C(=O)Nc2ncccc21. The van der Waals surface area contributed by atoms with E-state index in [-0.39, 0.29) is 30.5 Å². The number of fused-ring (bicyclic) bond motifs is 3. The van der Waals surface area contributed by atoms with Gasteiger partial charge in [0.1, 0.15) is 29.8 Å². The van der Waals surface area contributed by atoms with Crippen LogP contribution in [0.4, 0.5) is 20.4 Å². The third kappa shape index (κ3) is 4.18. The van der Waals surface area contributed by atoms with Crippen LogP contribution in [0.3, 0.4) is 0 Å². The summed E-state index contributed by atoms with van der Waals surface area (Å²) in [6.07, 6.45) is 7.31. The van der Waals surface area contributed by atoms with E-state index in [0.717, 1.165) is 35.6 Å². The lowest BCUT2D eigenvalue weighted by Gasteiger charge is -2.45. The fourth-order valence-corrected chi connectivity index (χ4v) is 7.07. The third-order valence-electron chi connectivity index (χ3n) is 9.05. The smallest absolute Gasteiger partial charge is 0.245 e. The molecular formula is C30H28F2N6O3. The van der Waals surface area contributed by atoms with Crippen LogP contribution in [0, 0.1) is 11.6 Å². The molecule has 1 saturated carbocycles. The molecule has 41 heavy (non-hydrogen) atoms. The molecule has 3 aromatic rings. The highest BCUT2D eigenvalue weighted by molar-refractivity contribution is 6.06. The zero-order valence-corrected chi connectivity index (χ0v) is 22.2. The standard InChI is InChI=1S/C30H28F2N6O3/c31-20-8-17(9-21(32)11-20)23-15-35-30(5-1-2-6-30)28(41)38(23)16-25(39)36-24-10-18-12-29(13-19(18)14-34-24)22-4-3-7-33-26(22)37-27(29)40/h3-4,7-11,14,23,35H,1-2,5-6,12-13,15-16H2,(H,33,37,40)(H,34,36,39)/t23-,29?/m0/s1. The molecule has 9 nitrogen and oxygen atoms in total. The minimum Gasteiger partial charge on any atom is -0.323 e. The molecule has 2 spiro atoms. The molecule has 7 rings (SSSR count). The zero-order valence-electron chi connectivity index (χ0n) is 22.2. The van der Waals surface area contributed by atoms with Gasteiger partial charge in [-0.1, -0.05) is 18.9 Å². The van der Waals surface area contributed by atoms with Crippen molar-refractivity contribution < 1.29 is 23.2 Å². The number of carbonyl (C=O) groups is 3. The third-order valence-corrected chi connectivity index (χ3v) is 9.05. The van der Waals surface area contributed by atoms with Crippen molar-refractivity contribution in [2.24, 2.45) is 0 Å². The Hall–Kier alpha value is -4.25. The Balaban J connectivity index is 1.12. The number of hydrogen-bond acceptors (Lipinski definition) is 6. The summed E-state index contributed by atoms with van der Waals surface area (Å²) in [4.78, 5) is 50.2. The van der Waals surface area contributed by atoms with Crippen molar-refractivity contribution in [3.05, 3.63) is 82.7 Å². The number of hydrogen-bond donors (Lipinski definition) is 3. The lowest BCUT2D eigenvalue weighted by atomic mass is 9.79. The molecule has 4 aliphatic rings. The minimum atomic E-state index is -0.768. The Labute approximate surface area is 234 Å². The Morgan fingerprint density at radius 3 is 2.59 bits per heavy atom. The average molecular weight is 559 g/mol. The quantitative estimate of drug-likeness (QED) is 0.453. The second kappa shape index (κ2) is 9.41. The van der Waals surface area contributed by atoms with Gasteiger partial charge in [-0.3, -0.25) is 14.4 Å². The lowest BCUT2D eigenvalue weighted by Crippen LogP contribution is -2.64. The van der Waals surface area contributed by atoms with E-state index in [2.05, 4.69) is 25.9 Å². The number of rotatable bonds is 4. The first kappa shape index (κ1) is 25.7. The molecule has 1 aromatic carbocycles. The summed E-state index contributed by atoms with van der Waals surface area (Å²) in [5.74, 6) is -1.42. The van der Waals surface area contributed by atoms with Crippen molar-refractivity contribution in [3.8, 4) is 0 Å². The van der Waals surface area contributed by atoms with Crippen molar-refractivity contribution >= 4 is 29.4 Å². The molecule has 1 saturated heterocycles. The van der Waals surface area contributed by atoms with E-state index in [9.17, 15) is 23.2 Å². The van der Waals surface area contributed by atoms with Gasteiger partial charge in [0.05, 0.1) is 17.0 Å². The van der Waals surface area contributed by atoms with Gasteiger partial charge in [0.25, 0.3) is 0 Å². The number of piperazine rings is 1. The first-order valence-corrected chi connectivity index (χ1v) is 13.8. The van der Waals surface area contributed by atoms with Crippen LogP contribution < -0.4 is 16.0 Å². The van der Waals surface area contributed by atoms with Crippen LogP contribution in [-0.2, 0) is 32.6 Å². The predicted molar refractivity (Wildman–Crippen MR) is 145 cm³/mol. The number of carbonyl (C=O) groups excluding carboxylic acids is 3. The number of anilines is 2. The molecule has 11 heteroatoms. The molecule has 2 atom stereocenters. The van der Waals surface area contributed by atoms with E-state index in [1.54, 1.807) is 18.5 Å². The van der Waals surface area contributed by atoms with Crippen LogP contribution in [0.1, 0.15) is 54.0 Å². The van der Waals surface area contributed by atoms with E-state index in [1.807, 2.05) is 12.1 Å². The number of benzene rings is 1. The van der Waals surface area contributed by atoms with Crippen molar-refractivity contribution in [1.29, 1.82) is 0 Å².